The minimum absolute atomic E-state index is 0.237. The number of fused-ring (bicyclic) bond motifs is 1. The fourth-order valence-electron chi connectivity index (χ4n) is 2.18. The molecule has 0 spiro atoms. The van der Waals surface area contributed by atoms with Gasteiger partial charge in [0.05, 0.1) is 11.6 Å². The van der Waals surface area contributed by atoms with Crippen molar-refractivity contribution >= 4 is 5.69 Å². The lowest BCUT2D eigenvalue weighted by Gasteiger charge is -2.11. The average molecular weight is 284 g/mol. The van der Waals surface area contributed by atoms with Gasteiger partial charge >= 0.3 is 0 Å². The normalized spacial score (nSPS) is 12.0. The van der Waals surface area contributed by atoms with E-state index in [9.17, 15) is 4.39 Å². The van der Waals surface area contributed by atoms with Gasteiger partial charge in [0.25, 0.3) is 0 Å². The van der Waals surface area contributed by atoms with Crippen molar-refractivity contribution in [3.05, 3.63) is 52.8 Å². The van der Waals surface area contributed by atoms with Crippen LogP contribution in [0.3, 0.4) is 0 Å². The van der Waals surface area contributed by atoms with E-state index in [2.05, 4.69) is 5.32 Å². The molecule has 0 aromatic heterocycles. The quantitative estimate of drug-likeness (QED) is 0.939. The van der Waals surface area contributed by atoms with Gasteiger partial charge < -0.3 is 14.8 Å². The zero-order valence-corrected chi connectivity index (χ0v) is 11.4. The van der Waals surface area contributed by atoms with E-state index in [4.69, 9.17) is 14.7 Å². The van der Waals surface area contributed by atoms with E-state index in [0.717, 1.165) is 11.3 Å². The Balaban J connectivity index is 1.79. The van der Waals surface area contributed by atoms with Gasteiger partial charge in [-0.3, -0.25) is 0 Å². The van der Waals surface area contributed by atoms with Gasteiger partial charge in [0.2, 0.25) is 6.79 Å². The average Bonchev–Trinajstić information content (AvgIpc) is 2.96. The van der Waals surface area contributed by atoms with Crippen molar-refractivity contribution in [2.75, 3.05) is 12.1 Å². The summed E-state index contributed by atoms with van der Waals surface area (Å²) in [5.41, 5.74) is 2.40. The van der Waals surface area contributed by atoms with Crippen LogP contribution in [0.15, 0.2) is 30.3 Å². The Morgan fingerprint density at radius 1 is 1.24 bits per heavy atom. The molecule has 21 heavy (non-hydrogen) atoms. The SMILES string of the molecule is Cc1c(F)cc(C#N)cc1NCc1ccc2c(c1)OCO2. The van der Waals surface area contributed by atoms with Crippen LogP contribution in [-0.4, -0.2) is 6.79 Å². The molecule has 1 heterocycles. The number of halogens is 1. The maximum atomic E-state index is 13.7. The van der Waals surface area contributed by atoms with Crippen molar-refractivity contribution in [3.63, 3.8) is 0 Å². The van der Waals surface area contributed by atoms with E-state index in [1.165, 1.54) is 6.07 Å². The van der Waals surface area contributed by atoms with E-state index in [1.807, 2.05) is 24.3 Å². The van der Waals surface area contributed by atoms with Crippen molar-refractivity contribution in [2.24, 2.45) is 0 Å². The molecule has 5 heteroatoms. The van der Waals surface area contributed by atoms with Crippen LogP contribution in [0.2, 0.25) is 0 Å². The molecule has 0 aliphatic carbocycles. The minimum Gasteiger partial charge on any atom is -0.454 e. The van der Waals surface area contributed by atoms with Crippen LogP contribution in [0.25, 0.3) is 0 Å². The summed E-state index contributed by atoms with van der Waals surface area (Å²) in [5.74, 6) is 1.05. The van der Waals surface area contributed by atoms with Gasteiger partial charge in [-0.05, 0) is 36.8 Å². The number of nitrogens with one attached hydrogen (secondary N) is 1. The molecule has 2 aromatic carbocycles. The van der Waals surface area contributed by atoms with Crippen molar-refractivity contribution in [1.82, 2.24) is 0 Å². The smallest absolute Gasteiger partial charge is 0.231 e. The van der Waals surface area contributed by atoms with Crippen LogP contribution in [0.1, 0.15) is 16.7 Å². The van der Waals surface area contributed by atoms with Gasteiger partial charge in [0, 0.05) is 17.8 Å². The van der Waals surface area contributed by atoms with Crippen LogP contribution in [-0.2, 0) is 6.54 Å². The third kappa shape index (κ3) is 2.61. The van der Waals surface area contributed by atoms with Crippen LogP contribution >= 0.6 is 0 Å². The topological polar surface area (TPSA) is 54.3 Å². The van der Waals surface area contributed by atoms with Gasteiger partial charge in [-0.25, -0.2) is 4.39 Å². The van der Waals surface area contributed by atoms with Crippen LogP contribution in [0.4, 0.5) is 10.1 Å². The molecule has 2 aromatic rings. The largest absolute Gasteiger partial charge is 0.454 e. The van der Waals surface area contributed by atoms with Gasteiger partial charge in [0.15, 0.2) is 11.5 Å². The monoisotopic (exact) mass is 284 g/mol. The fourth-order valence-corrected chi connectivity index (χ4v) is 2.18. The molecule has 0 radical (unpaired) electrons. The first-order chi connectivity index (χ1) is 10.2. The Hall–Kier alpha value is -2.74. The maximum absolute atomic E-state index is 13.7. The summed E-state index contributed by atoms with van der Waals surface area (Å²) >= 11 is 0. The molecule has 0 bridgehead atoms. The van der Waals surface area contributed by atoms with Gasteiger partial charge in [0.1, 0.15) is 5.82 Å². The molecule has 0 atom stereocenters. The highest BCUT2D eigenvalue weighted by Gasteiger charge is 2.13. The third-order valence-corrected chi connectivity index (χ3v) is 3.39. The Bertz CT molecular complexity index is 738. The Morgan fingerprint density at radius 3 is 2.86 bits per heavy atom. The second-order valence-corrected chi connectivity index (χ2v) is 4.78. The molecule has 0 saturated carbocycles. The zero-order valence-electron chi connectivity index (χ0n) is 11.4. The molecule has 0 amide bonds. The van der Waals surface area contributed by atoms with E-state index < -0.39 is 0 Å². The summed E-state index contributed by atoms with van der Waals surface area (Å²) in [6.45, 7) is 2.42. The Labute approximate surface area is 121 Å². The maximum Gasteiger partial charge on any atom is 0.231 e. The number of nitriles is 1. The number of ether oxygens (including phenoxy) is 2. The lowest BCUT2D eigenvalue weighted by atomic mass is 10.1. The van der Waals surface area contributed by atoms with Crippen molar-refractivity contribution in [2.45, 2.75) is 13.5 Å². The zero-order chi connectivity index (χ0) is 14.8. The van der Waals surface area contributed by atoms with Gasteiger partial charge in [-0.1, -0.05) is 6.07 Å². The molecular weight excluding hydrogens is 271 g/mol. The standard InChI is InChI=1S/C16H13FN2O2/c1-10-13(17)4-12(7-18)5-14(10)19-8-11-2-3-15-16(6-11)21-9-20-15/h2-6,19H,8-9H2,1H3. The Morgan fingerprint density at radius 2 is 2.05 bits per heavy atom. The molecule has 1 aliphatic rings. The first-order valence-corrected chi connectivity index (χ1v) is 6.50. The van der Waals surface area contributed by atoms with Crippen molar-refractivity contribution in [3.8, 4) is 17.6 Å². The molecule has 0 unspecified atom stereocenters. The second-order valence-electron chi connectivity index (χ2n) is 4.78. The molecule has 4 nitrogen and oxygen atoms in total. The fraction of sp³-hybridized carbons (Fsp3) is 0.188. The second kappa shape index (κ2) is 5.33. The molecule has 106 valence electrons. The summed E-state index contributed by atoms with van der Waals surface area (Å²) in [6.07, 6.45) is 0. The van der Waals surface area contributed by atoms with Gasteiger partial charge in [-0.2, -0.15) is 5.26 Å². The van der Waals surface area contributed by atoms with Crippen LogP contribution in [0.5, 0.6) is 11.5 Å². The molecule has 1 N–H and O–H groups in total. The third-order valence-electron chi connectivity index (χ3n) is 3.39. The Kier molecular flexibility index (Phi) is 3.36. The van der Waals surface area contributed by atoms with E-state index in [1.54, 1.807) is 13.0 Å². The van der Waals surface area contributed by atoms with Crippen molar-refractivity contribution < 1.29 is 13.9 Å². The predicted octanol–water partition coefficient (Wildman–Crippen LogP) is 3.35. The summed E-state index contributed by atoms with van der Waals surface area (Å²) in [4.78, 5) is 0. The number of anilines is 1. The van der Waals surface area contributed by atoms with Crippen LogP contribution < -0.4 is 14.8 Å². The molecular formula is C16H13FN2O2. The van der Waals surface area contributed by atoms with Gasteiger partial charge in [-0.15, -0.1) is 0 Å². The molecule has 0 fully saturated rings. The van der Waals surface area contributed by atoms with E-state index in [0.29, 0.717) is 29.1 Å². The summed E-state index contributed by atoms with van der Waals surface area (Å²) in [6, 6.07) is 10.5. The number of benzene rings is 2. The summed E-state index contributed by atoms with van der Waals surface area (Å²) < 4.78 is 24.3. The molecule has 0 saturated heterocycles. The highest BCUT2D eigenvalue weighted by atomic mass is 19.1. The number of nitrogens with zero attached hydrogens (tertiary/aromatic N) is 1. The summed E-state index contributed by atoms with van der Waals surface area (Å²) in [5, 5.41) is 12.0. The molecule has 3 rings (SSSR count). The summed E-state index contributed by atoms with van der Waals surface area (Å²) in [7, 11) is 0. The van der Waals surface area contributed by atoms with Crippen LogP contribution in [0, 0.1) is 24.1 Å². The van der Waals surface area contributed by atoms with E-state index in [-0.39, 0.29) is 12.6 Å². The highest BCUT2D eigenvalue weighted by Crippen LogP contribution is 2.32. The first kappa shape index (κ1) is 13.3. The molecule has 1 aliphatic heterocycles. The first-order valence-electron chi connectivity index (χ1n) is 6.50. The number of hydrogen-bond acceptors (Lipinski definition) is 4. The predicted molar refractivity (Wildman–Crippen MR) is 75.7 cm³/mol. The number of rotatable bonds is 3. The van der Waals surface area contributed by atoms with Crippen molar-refractivity contribution in [1.29, 1.82) is 5.26 Å². The number of hydrogen-bond donors (Lipinski definition) is 1. The van der Waals surface area contributed by atoms with E-state index >= 15 is 0 Å². The lowest BCUT2D eigenvalue weighted by molar-refractivity contribution is 0.174. The lowest BCUT2D eigenvalue weighted by Crippen LogP contribution is -2.03. The minimum atomic E-state index is -0.387. The highest BCUT2D eigenvalue weighted by molar-refractivity contribution is 5.56.